The summed E-state index contributed by atoms with van der Waals surface area (Å²) in [6.45, 7) is 1.73. The molecule has 0 fully saturated rings. The molecule has 1 aromatic heterocycles. The minimum atomic E-state index is -0.765. The molecule has 172 valence electrons. The molecule has 2 unspecified atom stereocenters. The average Bonchev–Trinajstić information content (AvgIpc) is 3.49. The van der Waals surface area contributed by atoms with Gasteiger partial charge < -0.3 is 23.4 Å². The number of aromatic nitrogens is 2. The van der Waals surface area contributed by atoms with Gasteiger partial charge in [0.25, 0.3) is 0 Å². The third kappa shape index (κ3) is 4.65. The van der Waals surface area contributed by atoms with E-state index in [-0.39, 0.29) is 5.78 Å². The van der Waals surface area contributed by atoms with Crippen LogP contribution in [0.5, 0.6) is 11.5 Å². The fourth-order valence-electron chi connectivity index (χ4n) is 3.68. The standard InChI is InChI=1S/C24H23BrN2O6/c1-13-26-27-24(32-13)15-7-5-14(6-8-15)22(30-3)21(28)19-10-9-18(33-19)16-11-17(25)23(31-4)20(12-16)29-2/h5-9,11-12,19,22H,10H2,1-4H3. The monoisotopic (exact) mass is 514 g/mol. The van der Waals surface area contributed by atoms with Gasteiger partial charge in [-0.05, 0) is 51.8 Å². The lowest BCUT2D eigenvalue weighted by Gasteiger charge is -2.20. The predicted molar refractivity (Wildman–Crippen MR) is 124 cm³/mol. The third-order valence-corrected chi connectivity index (χ3v) is 5.89. The van der Waals surface area contributed by atoms with Crippen molar-refractivity contribution in [1.82, 2.24) is 10.2 Å². The molecule has 2 aromatic carbocycles. The number of nitrogens with zero attached hydrogens (tertiary/aromatic N) is 2. The van der Waals surface area contributed by atoms with Gasteiger partial charge in [-0.15, -0.1) is 10.2 Å². The Morgan fingerprint density at radius 1 is 1.09 bits per heavy atom. The molecule has 0 spiro atoms. The van der Waals surface area contributed by atoms with Crippen molar-refractivity contribution in [2.75, 3.05) is 21.3 Å². The first-order chi connectivity index (χ1) is 15.9. The van der Waals surface area contributed by atoms with Crippen LogP contribution in [-0.2, 0) is 14.3 Å². The second-order valence-electron chi connectivity index (χ2n) is 7.37. The number of carbonyl (C=O) groups is 1. The summed E-state index contributed by atoms with van der Waals surface area (Å²) < 4.78 is 28.5. The highest BCUT2D eigenvalue weighted by molar-refractivity contribution is 9.10. The zero-order valence-corrected chi connectivity index (χ0v) is 20.2. The van der Waals surface area contributed by atoms with Gasteiger partial charge in [0.1, 0.15) is 11.9 Å². The molecule has 2 atom stereocenters. The number of hydrogen-bond donors (Lipinski definition) is 0. The largest absolute Gasteiger partial charge is 0.493 e. The molecule has 0 saturated heterocycles. The molecule has 33 heavy (non-hydrogen) atoms. The van der Waals surface area contributed by atoms with Gasteiger partial charge in [0.05, 0.1) is 18.7 Å². The van der Waals surface area contributed by atoms with Crippen molar-refractivity contribution in [2.24, 2.45) is 0 Å². The van der Waals surface area contributed by atoms with Crippen molar-refractivity contribution >= 4 is 27.5 Å². The van der Waals surface area contributed by atoms with E-state index >= 15 is 0 Å². The van der Waals surface area contributed by atoms with Crippen LogP contribution >= 0.6 is 15.9 Å². The van der Waals surface area contributed by atoms with E-state index in [1.807, 2.05) is 42.5 Å². The highest BCUT2D eigenvalue weighted by atomic mass is 79.9. The lowest BCUT2D eigenvalue weighted by atomic mass is 9.99. The normalized spacial score (nSPS) is 16.2. The average molecular weight is 515 g/mol. The number of methoxy groups -OCH3 is 3. The first-order valence-electron chi connectivity index (χ1n) is 10.2. The van der Waals surface area contributed by atoms with Crippen molar-refractivity contribution in [3.8, 4) is 23.0 Å². The van der Waals surface area contributed by atoms with Crippen LogP contribution in [0.25, 0.3) is 17.2 Å². The molecule has 9 heteroatoms. The van der Waals surface area contributed by atoms with E-state index in [9.17, 15) is 4.79 Å². The van der Waals surface area contributed by atoms with Crippen LogP contribution in [0, 0.1) is 6.92 Å². The lowest BCUT2D eigenvalue weighted by Crippen LogP contribution is -2.27. The Morgan fingerprint density at radius 2 is 1.85 bits per heavy atom. The molecule has 1 aliphatic heterocycles. The minimum Gasteiger partial charge on any atom is -0.493 e. The molecule has 1 aliphatic rings. The van der Waals surface area contributed by atoms with Crippen molar-refractivity contribution in [3.05, 3.63) is 64.0 Å². The number of ether oxygens (including phenoxy) is 4. The van der Waals surface area contributed by atoms with E-state index in [1.165, 1.54) is 7.11 Å². The highest BCUT2D eigenvalue weighted by Crippen LogP contribution is 2.40. The third-order valence-electron chi connectivity index (χ3n) is 5.30. The summed E-state index contributed by atoms with van der Waals surface area (Å²) in [6.07, 6.45) is 0.914. The van der Waals surface area contributed by atoms with Crippen molar-refractivity contribution in [2.45, 2.75) is 25.6 Å². The maximum atomic E-state index is 13.2. The molecule has 0 aliphatic carbocycles. The van der Waals surface area contributed by atoms with Crippen LogP contribution in [0.2, 0.25) is 0 Å². The smallest absolute Gasteiger partial charge is 0.247 e. The van der Waals surface area contributed by atoms with Crippen LogP contribution in [0.15, 0.2) is 51.4 Å². The molecule has 4 rings (SSSR count). The molecule has 3 aromatic rings. The van der Waals surface area contributed by atoms with E-state index in [0.29, 0.717) is 41.0 Å². The molecule has 8 nitrogen and oxygen atoms in total. The van der Waals surface area contributed by atoms with E-state index in [2.05, 4.69) is 26.1 Å². The molecule has 2 heterocycles. The van der Waals surface area contributed by atoms with Crippen LogP contribution < -0.4 is 9.47 Å². The minimum absolute atomic E-state index is 0.162. The molecular formula is C24H23BrN2O6. The number of hydrogen-bond acceptors (Lipinski definition) is 8. The maximum Gasteiger partial charge on any atom is 0.247 e. The van der Waals surface area contributed by atoms with Crippen LogP contribution in [0.1, 0.15) is 29.5 Å². The molecule has 0 radical (unpaired) electrons. The quantitative estimate of drug-likeness (QED) is 0.418. The summed E-state index contributed by atoms with van der Waals surface area (Å²) >= 11 is 3.49. The van der Waals surface area contributed by atoms with Gasteiger partial charge in [-0.25, -0.2) is 0 Å². The highest BCUT2D eigenvalue weighted by Gasteiger charge is 2.33. The van der Waals surface area contributed by atoms with E-state index < -0.39 is 12.2 Å². The molecule has 0 amide bonds. The second-order valence-corrected chi connectivity index (χ2v) is 8.22. The van der Waals surface area contributed by atoms with Crippen LogP contribution in [0.3, 0.4) is 0 Å². The summed E-state index contributed by atoms with van der Waals surface area (Å²) in [7, 11) is 4.65. The van der Waals surface area contributed by atoms with Gasteiger partial charge in [0.15, 0.2) is 17.6 Å². The first-order valence-corrected chi connectivity index (χ1v) is 11.0. The van der Waals surface area contributed by atoms with E-state index in [0.717, 1.165) is 15.6 Å². The molecule has 0 saturated carbocycles. The van der Waals surface area contributed by atoms with E-state index in [4.69, 9.17) is 23.4 Å². The second kappa shape index (κ2) is 9.76. The fraction of sp³-hybridized carbons (Fsp3) is 0.292. The Morgan fingerprint density at radius 3 is 2.45 bits per heavy atom. The summed E-state index contributed by atoms with van der Waals surface area (Å²) in [6, 6.07) is 11.0. The number of benzene rings is 2. The SMILES string of the molecule is COc1cc(C2=CCC(C(=O)C(OC)c3ccc(-c4nnc(C)o4)cc3)O2)cc(Br)c1OC. The van der Waals surface area contributed by atoms with Crippen LogP contribution in [0.4, 0.5) is 0 Å². The Bertz CT molecular complexity index is 1190. The number of ketones is 1. The maximum absolute atomic E-state index is 13.2. The summed E-state index contributed by atoms with van der Waals surface area (Å²) in [5.74, 6) is 2.51. The summed E-state index contributed by atoms with van der Waals surface area (Å²) in [5.41, 5.74) is 2.26. The first kappa shape index (κ1) is 23.0. The van der Waals surface area contributed by atoms with Gasteiger partial charge in [-0.1, -0.05) is 12.1 Å². The number of halogens is 1. The van der Waals surface area contributed by atoms with Gasteiger partial charge in [-0.3, -0.25) is 4.79 Å². The number of Topliss-reactive ketones (excluding diaryl/α,β-unsaturated/α-hetero) is 1. The lowest BCUT2D eigenvalue weighted by molar-refractivity contribution is -0.136. The van der Waals surface area contributed by atoms with E-state index in [1.54, 1.807) is 21.1 Å². The summed E-state index contributed by atoms with van der Waals surface area (Å²) in [5, 5.41) is 7.85. The van der Waals surface area contributed by atoms with Gasteiger partial charge >= 0.3 is 0 Å². The summed E-state index contributed by atoms with van der Waals surface area (Å²) in [4.78, 5) is 13.2. The van der Waals surface area contributed by atoms with Gasteiger partial charge in [-0.2, -0.15) is 0 Å². The predicted octanol–water partition coefficient (Wildman–Crippen LogP) is 4.91. The van der Waals surface area contributed by atoms with Gasteiger partial charge in [0.2, 0.25) is 17.6 Å². The molecule has 0 bridgehead atoms. The van der Waals surface area contributed by atoms with Crippen molar-refractivity contribution < 1.29 is 28.2 Å². The van der Waals surface area contributed by atoms with Crippen LogP contribution in [-0.4, -0.2) is 43.4 Å². The zero-order chi connectivity index (χ0) is 23.5. The topological polar surface area (TPSA) is 92.9 Å². The number of rotatable bonds is 8. The van der Waals surface area contributed by atoms with Crippen molar-refractivity contribution in [1.29, 1.82) is 0 Å². The van der Waals surface area contributed by atoms with Crippen molar-refractivity contribution in [3.63, 3.8) is 0 Å². The van der Waals surface area contributed by atoms with Gasteiger partial charge in [0, 0.05) is 31.6 Å². The fourth-order valence-corrected chi connectivity index (χ4v) is 4.29. The Hall–Kier alpha value is -3.17. The molecular weight excluding hydrogens is 492 g/mol. The Labute approximate surface area is 199 Å². The Balaban J connectivity index is 1.49. The molecule has 0 N–H and O–H groups in total. The number of aryl methyl sites for hydroxylation is 1. The zero-order valence-electron chi connectivity index (χ0n) is 18.6. The Kier molecular flexibility index (Phi) is 6.80. The number of carbonyl (C=O) groups excluding carboxylic acids is 1.